The Hall–Kier alpha value is -2.50. The van der Waals surface area contributed by atoms with E-state index >= 15 is 0 Å². The van der Waals surface area contributed by atoms with E-state index in [1.807, 2.05) is 5.32 Å². The molecular weight excluding hydrogens is 224 g/mol. The van der Waals surface area contributed by atoms with Crippen LogP contribution in [0.25, 0.3) is 6.08 Å². The fraction of sp³-hybridized carbons (Fsp3) is 0.0909. The molecule has 0 saturated heterocycles. The first-order chi connectivity index (χ1) is 8.00. The van der Waals surface area contributed by atoms with Gasteiger partial charge in [-0.05, 0) is 5.56 Å². The van der Waals surface area contributed by atoms with Gasteiger partial charge < -0.3 is 0 Å². The van der Waals surface area contributed by atoms with Gasteiger partial charge in [-0.2, -0.15) is 0 Å². The van der Waals surface area contributed by atoms with E-state index in [-0.39, 0.29) is 0 Å². The van der Waals surface area contributed by atoms with E-state index in [1.165, 1.54) is 0 Å². The third kappa shape index (κ3) is 3.86. The number of nitrogens with one attached hydrogen (secondary N) is 1. The van der Waals surface area contributed by atoms with E-state index in [0.717, 1.165) is 13.0 Å². The summed E-state index contributed by atoms with van der Waals surface area (Å²) in [5.74, 6) is -1.66. The predicted octanol–water partition coefficient (Wildman–Crippen LogP) is 0.967. The third-order valence-electron chi connectivity index (χ3n) is 1.82. The second-order valence-corrected chi connectivity index (χ2v) is 3.21. The molecular formula is C11H10N2O4. The molecule has 1 rings (SSSR count). The summed E-state index contributed by atoms with van der Waals surface area (Å²) in [5.41, 5.74) is -0.163. The van der Waals surface area contributed by atoms with Gasteiger partial charge in [0.05, 0.1) is 4.92 Å². The van der Waals surface area contributed by atoms with E-state index in [2.05, 4.69) is 0 Å². The van der Waals surface area contributed by atoms with Crippen LogP contribution in [0.15, 0.2) is 36.0 Å². The average molecular weight is 234 g/mol. The molecule has 0 aliphatic heterocycles. The van der Waals surface area contributed by atoms with Crippen molar-refractivity contribution in [2.75, 3.05) is 0 Å². The Kier molecular flexibility index (Phi) is 4.10. The number of hydrogen-bond donors (Lipinski definition) is 1. The Balaban J connectivity index is 3.02. The first-order valence-electron chi connectivity index (χ1n) is 4.74. The molecule has 0 aliphatic carbocycles. The van der Waals surface area contributed by atoms with Crippen molar-refractivity contribution in [3.8, 4) is 0 Å². The van der Waals surface area contributed by atoms with Crippen LogP contribution in [0.3, 0.4) is 0 Å². The molecule has 0 bridgehead atoms. The van der Waals surface area contributed by atoms with Crippen molar-refractivity contribution >= 4 is 17.9 Å². The number of carbonyl (C=O) groups excluding carboxylic acids is 2. The predicted molar refractivity (Wildman–Crippen MR) is 60.2 cm³/mol. The second kappa shape index (κ2) is 5.55. The van der Waals surface area contributed by atoms with E-state index in [1.54, 1.807) is 30.3 Å². The first-order valence-corrected chi connectivity index (χ1v) is 4.74. The van der Waals surface area contributed by atoms with Gasteiger partial charge in [0.1, 0.15) is 0 Å². The van der Waals surface area contributed by atoms with Gasteiger partial charge in [-0.15, -0.1) is 0 Å². The molecule has 0 saturated carbocycles. The first kappa shape index (κ1) is 12.6. The Bertz CT molecular complexity index is 480. The summed E-state index contributed by atoms with van der Waals surface area (Å²) in [4.78, 5) is 31.9. The SMILES string of the molecule is CC(=O)NC(=O)C(=Cc1ccccc1)[N+](=O)[O-]. The van der Waals surface area contributed by atoms with Crippen LogP contribution in [0.2, 0.25) is 0 Å². The van der Waals surface area contributed by atoms with Gasteiger partial charge in [0.25, 0.3) is 0 Å². The zero-order valence-corrected chi connectivity index (χ0v) is 9.04. The standard InChI is InChI=1S/C11H10N2O4/c1-8(14)12-11(15)10(13(16)17)7-9-5-3-2-4-6-9/h2-7H,1H3,(H,12,14,15). The van der Waals surface area contributed by atoms with E-state index in [9.17, 15) is 19.7 Å². The molecule has 6 nitrogen and oxygen atoms in total. The maximum absolute atomic E-state index is 11.4. The van der Waals surface area contributed by atoms with Gasteiger partial charge in [0.2, 0.25) is 5.91 Å². The van der Waals surface area contributed by atoms with Crippen LogP contribution < -0.4 is 5.32 Å². The summed E-state index contributed by atoms with van der Waals surface area (Å²) in [6.45, 7) is 1.11. The molecule has 1 aromatic rings. The Morgan fingerprint density at radius 2 is 1.88 bits per heavy atom. The lowest BCUT2D eigenvalue weighted by Gasteiger charge is -1.98. The normalized spacial score (nSPS) is 10.8. The van der Waals surface area contributed by atoms with Crippen molar-refractivity contribution in [2.24, 2.45) is 0 Å². The van der Waals surface area contributed by atoms with Crippen LogP contribution in [0.4, 0.5) is 0 Å². The topological polar surface area (TPSA) is 89.3 Å². The monoisotopic (exact) mass is 234 g/mol. The van der Waals surface area contributed by atoms with Crippen LogP contribution in [-0.2, 0) is 9.59 Å². The molecule has 0 aliphatic rings. The number of carbonyl (C=O) groups is 2. The number of imide groups is 1. The van der Waals surface area contributed by atoms with Gasteiger partial charge >= 0.3 is 11.6 Å². The maximum atomic E-state index is 11.4. The average Bonchev–Trinajstić information content (AvgIpc) is 2.25. The highest BCUT2D eigenvalue weighted by Gasteiger charge is 2.22. The van der Waals surface area contributed by atoms with Crippen LogP contribution >= 0.6 is 0 Å². The maximum Gasteiger partial charge on any atom is 0.334 e. The van der Waals surface area contributed by atoms with Crippen molar-refractivity contribution in [2.45, 2.75) is 6.92 Å². The van der Waals surface area contributed by atoms with Gasteiger partial charge in [-0.25, -0.2) is 0 Å². The van der Waals surface area contributed by atoms with Gasteiger partial charge in [-0.1, -0.05) is 30.3 Å². The molecule has 0 radical (unpaired) electrons. The molecule has 88 valence electrons. The largest absolute Gasteiger partial charge is 0.334 e. The Morgan fingerprint density at radius 1 is 1.29 bits per heavy atom. The molecule has 0 aromatic heterocycles. The lowest BCUT2D eigenvalue weighted by Crippen LogP contribution is -2.31. The van der Waals surface area contributed by atoms with Gasteiger partial charge in [0, 0.05) is 13.0 Å². The minimum atomic E-state index is -1.02. The Morgan fingerprint density at radius 3 is 2.35 bits per heavy atom. The van der Waals surface area contributed by atoms with Crippen molar-refractivity contribution in [3.63, 3.8) is 0 Å². The van der Waals surface area contributed by atoms with Crippen LogP contribution in [-0.4, -0.2) is 16.7 Å². The summed E-state index contributed by atoms with van der Waals surface area (Å²) >= 11 is 0. The van der Waals surface area contributed by atoms with Gasteiger partial charge in [0.15, 0.2) is 0 Å². The summed E-state index contributed by atoms with van der Waals surface area (Å²) in [6.07, 6.45) is 1.11. The van der Waals surface area contributed by atoms with Crippen molar-refractivity contribution < 1.29 is 14.5 Å². The number of amides is 2. The smallest absolute Gasteiger partial charge is 0.287 e. The highest BCUT2D eigenvalue weighted by Crippen LogP contribution is 2.07. The number of nitrogens with zero attached hydrogens (tertiary/aromatic N) is 1. The fourth-order valence-electron chi connectivity index (χ4n) is 1.13. The van der Waals surface area contributed by atoms with Gasteiger partial charge in [-0.3, -0.25) is 25.0 Å². The molecule has 2 amide bonds. The minimum Gasteiger partial charge on any atom is -0.287 e. The van der Waals surface area contributed by atoms with Crippen molar-refractivity contribution in [1.29, 1.82) is 0 Å². The van der Waals surface area contributed by atoms with E-state index < -0.39 is 22.4 Å². The molecule has 0 heterocycles. The van der Waals surface area contributed by atoms with Crippen molar-refractivity contribution in [3.05, 3.63) is 51.7 Å². The van der Waals surface area contributed by atoms with Crippen LogP contribution in [0.5, 0.6) is 0 Å². The summed E-state index contributed by atoms with van der Waals surface area (Å²) in [6, 6.07) is 8.35. The highest BCUT2D eigenvalue weighted by atomic mass is 16.6. The molecule has 0 unspecified atom stereocenters. The van der Waals surface area contributed by atoms with Crippen LogP contribution in [0, 0.1) is 10.1 Å². The molecule has 0 fully saturated rings. The zero-order valence-electron chi connectivity index (χ0n) is 9.04. The minimum absolute atomic E-state index is 0.512. The number of benzene rings is 1. The quantitative estimate of drug-likeness (QED) is 0.479. The summed E-state index contributed by atoms with van der Waals surface area (Å²) in [5, 5.41) is 12.5. The zero-order chi connectivity index (χ0) is 12.8. The second-order valence-electron chi connectivity index (χ2n) is 3.21. The molecule has 1 aromatic carbocycles. The lowest BCUT2D eigenvalue weighted by atomic mass is 10.2. The van der Waals surface area contributed by atoms with Crippen molar-refractivity contribution in [1.82, 2.24) is 5.32 Å². The number of rotatable bonds is 3. The molecule has 6 heteroatoms. The summed E-state index contributed by atoms with van der Waals surface area (Å²) in [7, 11) is 0. The van der Waals surface area contributed by atoms with E-state index in [0.29, 0.717) is 5.56 Å². The number of nitro groups is 1. The lowest BCUT2D eigenvalue weighted by molar-refractivity contribution is -0.417. The third-order valence-corrected chi connectivity index (χ3v) is 1.82. The molecule has 0 atom stereocenters. The number of hydrogen-bond acceptors (Lipinski definition) is 4. The van der Waals surface area contributed by atoms with E-state index in [4.69, 9.17) is 0 Å². The molecule has 1 N–H and O–H groups in total. The molecule has 17 heavy (non-hydrogen) atoms. The fourth-order valence-corrected chi connectivity index (χ4v) is 1.13. The molecule has 0 spiro atoms. The highest BCUT2D eigenvalue weighted by molar-refractivity contribution is 6.04. The van der Waals surface area contributed by atoms with Crippen LogP contribution in [0.1, 0.15) is 12.5 Å². The Labute approximate surface area is 97.1 Å². The summed E-state index contributed by atoms with van der Waals surface area (Å²) < 4.78 is 0.